The Morgan fingerprint density at radius 2 is 2.39 bits per heavy atom. The van der Waals surface area contributed by atoms with Crippen LogP contribution in [0.15, 0.2) is 18.2 Å². The van der Waals surface area contributed by atoms with E-state index in [-0.39, 0.29) is 18.8 Å². The number of halogens is 1. The van der Waals surface area contributed by atoms with Crippen molar-refractivity contribution in [2.24, 2.45) is 0 Å². The van der Waals surface area contributed by atoms with Crippen LogP contribution in [-0.4, -0.2) is 31.7 Å². The van der Waals surface area contributed by atoms with E-state index in [0.717, 1.165) is 0 Å². The Bertz CT molecular complexity index is 481. The van der Waals surface area contributed by atoms with E-state index in [1.54, 1.807) is 0 Å². The molecule has 1 heterocycles. The molecule has 0 bridgehead atoms. The van der Waals surface area contributed by atoms with Gasteiger partial charge >= 0.3 is 6.09 Å². The highest BCUT2D eigenvalue weighted by molar-refractivity contribution is 5.90. The van der Waals surface area contributed by atoms with Gasteiger partial charge in [0.1, 0.15) is 11.9 Å². The maximum Gasteiger partial charge on any atom is 0.414 e. The van der Waals surface area contributed by atoms with Crippen LogP contribution >= 0.6 is 0 Å². The molecule has 0 aromatic heterocycles. The lowest BCUT2D eigenvalue weighted by atomic mass is 10.2. The third-order valence-corrected chi connectivity index (χ3v) is 2.60. The number of carbonyl (C=O) groups excluding carboxylic acids is 2. The van der Waals surface area contributed by atoms with Crippen molar-refractivity contribution in [1.29, 1.82) is 0 Å². The lowest BCUT2D eigenvalue weighted by Gasteiger charge is -2.13. The topological polar surface area (TPSA) is 84.7 Å². The van der Waals surface area contributed by atoms with Gasteiger partial charge in [0.15, 0.2) is 0 Å². The molecule has 2 amide bonds. The van der Waals surface area contributed by atoms with Gasteiger partial charge in [-0.05, 0) is 18.2 Å². The number of ether oxygens (including phenoxy) is 1. The summed E-state index contributed by atoms with van der Waals surface area (Å²) in [7, 11) is 0. The SMILES string of the molecule is Nc1ccc(N2CC(CNC=O)OC2=O)cc1F. The molecule has 1 aromatic rings. The molecular formula is C11H12FN3O3. The van der Waals surface area contributed by atoms with Crippen LogP contribution in [0.4, 0.5) is 20.6 Å². The van der Waals surface area contributed by atoms with Gasteiger partial charge in [0.25, 0.3) is 0 Å². The van der Waals surface area contributed by atoms with Crippen LogP contribution < -0.4 is 16.0 Å². The van der Waals surface area contributed by atoms with Crippen molar-refractivity contribution >= 4 is 23.9 Å². The van der Waals surface area contributed by atoms with Gasteiger partial charge in [0, 0.05) is 0 Å². The largest absolute Gasteiger partial charge is 0.442 e. The van der Waals surface area contributed by atoms with Gasteiger partial charge in [-0.15, -0.1) is 0 Å². The second-order valence-corrected chi connectivity index (χ2v) is 3.85. The van der Waals surface area contributed by atoms with E-state index in [1.807, 2.05) is 0 Å². The smallest absolute Gasteiger partial charge is 0.414 e. The summed E-state index contributed by atoms with van der Waals surface area (Å²) in [6, 6.07) is 4.09. The second-order valence-electron chi connectivity index (χ2n) is 3.85. The molecule has 18 heavy (non-hydrogen) atoms. The number of amides is 2. The molecule has 0 aliphatic carbocycles. The third-order valence-electron chi connectivity index (χ3n) is 2.60. The lowest BCUT2D eigenvalue weighted by Crippen LogP contribution is -2.30. The molecule has 7 heteroatoms. The minimum absolute atomic E-state index is 0.0190. The third kappa shape index (κ3) is 2.34. The molecule has 0 spiro atoms. The molecule has 1 aliphatic heterocycles. The Kier molecular flexibility index (Phi) is 3.31. The van der Waals surface area contributed by atoms with Crippen molar-refractivity contribution in [3.8, 4) is 0 Å². The van der Waals surface area contributed by atoms with Gasteiger partial charge in [0.2, 0.25) is 6.41 Å². The molecule has 1 unspecified atom stereocenters. The van der Waals surface area contributed by atoms with Crippen molar-refractivity contribution in [1.82, 2.24) is 5.32 Å². The molecule has 6 nitrogen and oxygen atoms in total. The van der Waals surface area contributed by atoms with Gasteiger partial charge in [0.05, 0.1) is 24.5 Å². The van der Waals surface area contributed by atoms with Crippen molar-refractivity contribution in [3.63, 3.8) is 0 Å². The number of nitrogens with zero attached hydrogens (tertiary/aromatic N) is 1. The summed E-state index contributed by atoms with van der Waals surface area (Å²) in [6.07, 6.45) is -0.487. The number of rotatable bonds is 4. The monoisotopic (exact) mass is 253 g/mol. The molecule has 0 radical (unpaired) electrons. The van der Waals surface area contributed by atoms with E-state index in [0.29, 0.717) is 12.1 Å². The molecule has 1 aromatic carbocycles. The van der Waals surface area contributed by atoms with E-state index in [9.17, 15) is 14.0 Å². The average Bonchev–Trinajstić information content (AvgIpc) is 2.71. The zero-order valence-electron chi connectivity index (χ0n) is 9.43. The predicted molar refractivity (Wildman–Crippen MR) is 62.5 cm³/mol. The first-order chi connectivity index (χ1) is 8.61. The zero-order chi connectivity index (χ0) is 13.1. The molecule has 1 saturated heterocycles. The van der Waals surface area contributed by atoms with Crippen molar-refractivity contribution in [2.75, 3.05) is 23.7 Å². The molecule has 1 atom stereocenters. The van der Waals surface area contributed by atoms with Crippen LogP contribution in [0.1, 0.15) is 0 Å². The minimum atomic E-state index is -0.588. The predicted octanol–water partition coefficient (Wildman–Crippen LogP) is 0.479. The molecule has 1 aliphatic rings. The van der Waals surface area contributed by atoms with E-state index in [4.69, 9.17) is 10.5 Å². The summed E-state index contributed by atoms with van der Waals surface area (Å²) in [5, 5.41) is 2.42. The molecule has 2 rings (SSSR count). The highest BCUT2D eigenvalue weighted by Gasteiger charge is 2.32. The molecule has 0 saturated carbocycles. The van der Waals surface area contributed by atoms with E-state index in [2.05, 4.69) is 5.32 Å². The zero-order valence-corrected chi connectivity index (χ0v) is 9.43. The van der Waals surface area contributed by atoms with Crippen LogP contribution in [0.5, 0.6) is 0 Å². The van der Waals surface area contributed by atoms with Crippen molar-refractivity contribution in [3.05, 3.63) is 24.0 Å². The number of nitrogens with two attached hydrogens (primary N) is 1. The van der Waals surface area contributed by atoms with Gasteiger partial charge in [-0.3, -0.25) is 9.69 Å². The number of nitrogens with one attached hydrogen (secondary N) is 1. The van der Waals surface area contributed by atoms with Gasteiger partial charge in [-0.1, -0.05) is 0 Å². The maximum absolute atomic E-state index is 13.3. The van der Waals surface area contributed by atoms with Crippen LogP contribution in [-0.2, 0) is 9.53 Å². The highest BCUT2D eigenvalue weighted by atomic mass is 19.1. The first-order valence-corrected chi connectivity index (χ1v) is 5.32. The number of nitrogen functional groups attached to an aromatic ring is 1. The van der Waals surface area contributed by atoms with E-state index >= 15 is 0 Å². The van der Waals surface area contributed by atoms with Crippen LogP contribution in [0.3, 0.4) is 0 Å². The van der Waals surface area contributed by atoms with Gasteiger partial charge < -0.3 is 15.8 Å². The number of hydrogen-bond donors (Lipinski definition) is 2. The molecule has 96 valence electrons. The van der Waals surface area contributed by atoms with Crippen molar-refractivity contribution < 1.29 is 18.7 Å². The Labute approximate surface area is 103 Å². The number of anilines is 2. The number of carbonyl (C=O) groups is 2. The summed E-state index contributed by atoms with van der Waals surface area (Å²) < 4.78 is 18.3. The van der Waals surface area contributed by atoms with Crippen LogP contribution in [0, 0.1) is 5.82 Å². The fraction of sp³-hybridized carbons (Fsp3) is 0.273. The van der Waals surface area contributed by atoms with Gasteiger partial charge in [-0.25, -0.2) is 9.18 Å². The summed E-state index contributed by atoms with van der Waals surface area (Å²) in [5.74, 6) is -0.588. The van der Waals surface area contributed by atoms with Gasteiger partial charge in [-0.2, -0.15) is 0 Å². The average molecular weight is 253 g/mol. The van der Waals surface area contributed by atoms with Crippen molar-refractivity contribution in [2.45, 2.75) is 6.10 Å². The number of hydrogen-bond acceptors (Lipinski definition) is 4. The standard InChI is InChI=1S/C11H12FN3O3/c12-9-3-7(1-2-10(9)13)15-5-8(4-14-6-16)18-11(15)17/h1-3,6,8H,4-5,13H2,(H,14,16). The maximum atomic E-state index is 13.3. The Balaban J connectivity index is 2.11. The van der Waals surface area contributed by atoms with Crippen LogP contribution in [0.2, 0.25) is 0 Å². The molecule has 1 fully saturated rings. The fourth-order valence-corrected chi connectivity index (χ4v) is 1.70. The van der Waals surface area contributed by atoms with Crippen LogP contribution in [0.25, 0.3) is 0 Å². The van der Waals surface area contributed by atoms with E-state index in [1.165, 1.54) is 23.1 Å². The summed E-state index contributed by atoms with van der Waals surface area (Å²) in [6.45, 7) is 0.478. The Morgan fingerprint density at radius 3 is 3.06 bits per heavy atom. The fourth-order valence-electron chi connectivity index (χ4n) is 1.70. The minimum Gasteiger partial charge on any atom is -0.442 e. The molecule has 3 N–H and O–H groups in total. The number of cyclic esters (lactones) is 1. The second kappa shape index (κ2) is 4.91. The Hall–Kier alpha value is -2.31. The normalized spacial score (nSPS) is 18.6. The number of benzene rings is 1. The highest BCUT2D eigenvalue weighted by Crippen LogP contribution is 2.24. The summed E-state index contributed by atoms with van der Waals surface area (Å²) >= 11 is 0. The molecular weight excluding hydrogens is 241 g/mol. The van der Waals surface area contributed by atoms with E-state index < -0.39 is 18.0 Å². The quantitative estimate of drug-likeness (QED) is 0.603. The first-order valence-electron chi connectivity index (χ1n) is 5.32. The first kappa shape index (κ1) is 12.2. The Morgan fingerprint density at radius 1 is 1.61 bits per heavy atom. The summed E-state index contributed by atoms with van der Waals surface area (Å²) in [5.41, 5.74) is 5.75. The lowest BCUT2D eigenvalue weighted by molar-refractivity contribution is -0.109. The summed E-state index contributed by atoms with van der Waals surface area (Å²) in [4.78, 5) is 23.0.